The summed E-state index contributed by atoms with van der Waals surface area (Å²) in [6.45, 7) is 5.42. The van der Waals surface area contributed by atoms with Crippen LogP contribution in [0.4, 0.5) is 5.69 Å². The molecule has 26 heavy (non-hydrogen) atoms. The standard InChI is InChI=1S/C18H22N4O4/c1-12-10-13(21-8-6-19-7-9-21)2-3-14(12)18(26)22(11-23)15-4-5-16(24)20-17(15)25/h2-3,10-11,15,19H,4-9H2,1H3,(H,20,24,25). The van der Waals surface area contributed by atoms with E-state index in [0.717, 1.165) is 42.3 Å². The lowest BCUT2D eigenvalue weighted by Crippen LogP contribution is -2.53. The van der Waals surface area contributed by atoms with Crippen LogP contribution in [0.15, 0.2) is 18.2 Å². The van der Waals surface area contributed by atoms with E-state index in [4.69, 9.17) is 0 Å². The third-order valence-corrected chi connectivity index (χ3v) is 4.82. The van der Waals surface area contributed by atoms with Crippen LogP contribution in [-0.4, -0.2) is 61.3 Å². The molecule has 3 rings (SSSR count). The highest BCUT2D eigenvalue weighted by Crippen LogP contribution is 2.22. The number of nitrogens with zero attached hydrogens (tertiary/aromatic N) is 2. The van der Waals surface area contributed by atoms with Gasteiger partial charge in [0.1, 0.15) is 6.04 Å². The number of benzene rings is 1. The van der Waals surface area contributed by atoms with Crippen molar-refractivity contribution < 1.29 is 19.2 Å². The van der Waals surface area contributed by atoms with Crippen molar-refractivity contribution in [3.05, 3.63) is 29.3 Å². The molecule has 1 unspecified atom stereocenters. The summed E-state index contributed by atoms with van der Waals surface area (Å²) in [5, 5.41) is 5.47. The predicted molar refractivity (Wildman–Crippen MR) is 94.7 cm³/mol. The average Bonchev–Trinajstić information content (AvgIpc) is 2.64. The third kappa shape index (κ3) is 3.60. The maximum atomic E-state index is 12.8. The minimum Gasteiger partial charge on any atom is -0.369 e. The fourth-order valence-corrected chi connectivity index (χ4v) is 3.36. The fraction of sp³-hybridized carbons (Fsp3) is 0.444. The summed E-state index contributed by atoms with van der Waals surface area (Å²) < 4.78 is 0. The molecule has 0 aromatic heterocycles. The van der Waals surface area contributed by atoms with E-state index < -0.39 is 17.9 Å². The molecule has 0 aliphatic carbocycles. The van der Waals surface area contributed by atoms with Crippen LogP contribution in [0.1, 0.15) is 28.8 Å². The first kappa shape index (κ1) is 18.1. The molecule has 1 aromatic rings. The highest BCUT2D eigenvalue weighted by molar-refractivity contribution is 6.07. The van der Waals surface area contributed by atoms with Gasteiger partial charge in [-0.3, -0.25) is 29.4 Å². The van der Waals surface area contributed by atoms with Crippen LogP contribution < -0.4 is 15.5 Å². The Balaban J connectivity index is 1.80. The van der Waals surface area contributed by atoms with Crippen LogP contribution in [0.25, 0.3) is 0 Å². The van der Waals surface area contributed by atoms with Crippen LogP contribution >= 0.6 is 0 Å². The molecule has 0 bridgehead atoms. The van der Waals surface area contributed by atoms with E-state index >= 15 is 0 Å². The van der Waals surface area contributed by atoms with Crippen LogP contribution in [0, 0.1) is 6.92 Å². The lowest BCUT2D eigenvalue weighted by atomic mass is 10.0. The first-order valence-electron chi connectivity index (χ1n) is 8.69. The number of hydrogen-bond acceptors (Lipinski definition) is 6. The van der Waals surface area contributed by atoms with E-state index in [2.05, 4.69) is 15.5 Å². The number of amides is 4. The van der Waals surface area contributed by atoms with Gasteiger partial charge in [-0.2, -0.15) is 0 Å². The zero-order valence-electron chi connectivity index (χ0n) is 14.7. The van der Waals surface area contributed by atoms with Gasteiger partial charge in [0.05, 0.1) is 0 Å². The van der Waals surface area contributed by atoms with Crippen molar-refractivity contribution in [3.8, 4) is 0 Å². The maximum absolute atomic E-state index is 12.8. The van der Waals surface area contributed by atoms with E-state index in [1.807, 2.05) is 19.1 Å². The van der Waals surface area contributed by atoms with Crippen molar-refractivity contribution in [2.75, 3.05) is 31.1 Å². The van der Waals surface area contributed by atoms with Crippen molar-refractivity contribution in [1.29, 1.82) is 0 Å². The monoisotopic (exact) mass is 358 g/mol. The largest absolute Gasteiger partial charge is 0.369 e. The van der Waals surface area contributed by atoms with Gasteiger partial charge in [0.2, 0.25) is 18.2 Å². The molecule has 2 saturated heterocycles. The highest BCUT2D eigenvalue weighted by Gasteiger charge is 2.35. The Morgan fingerprint density at radius 3 is 2.62 bits per heavy atom. The highest BCUT2D eigenvalue weighted by atomic mass is 16.2. The Hall–Kier alpha value is -2.74. The number of piperidine rings is 1. The molecule has 2 heterocycles. The Morgan fingerprint density at radius 2 is 2.00 bits per heavy atom. The number of aryl methyl sites for hydroxylation is 1. The molecule has 1 aromatic carbocycles. The Labute approximate surface area is 151 Å². The Morgan fingerprint density at radius 1 is 1.27 bits per heavy atom. The molecule has 0 spiro atoms. The third-order valence-electron chi connectivity index (χ3n) is 4.82. The summed E-state index contributed by atoms with van der Waals surface area (Å²) in [4.78, 5) is 50.7. The minimum atomic E-state index is -0.954. The number of nitrogens with one attached hydrogen (secondary N) is 2. The number of rotatable bonds is 4. The van der Waals surface area contributed by atoms with Gasteiger partial charge in [-0.25, -0.2) is 0 Å². The number of carbonyl (C=O) groups excluding carboxylic acids is 4. The molecule has 0 saturated carbocycles. The molecular weight excluding hydrogens is 336 g/mol. The van der Waals surface area contributed by atoms with Crippen molar-refractivity contribution in [3.63, 3.8) is 0 Å². The number of imide groups is 2. The number of anilines is 1. The lowest BCUT2D eigenvalue weighted by Gasteiger charge is -2.31. The molecule has 0 radical (unpaired) electrons. The second-order valence-electron chi connectivity index (χ2n) is 6.52. The van der Waals surface area contributed by atoms with Crippen molar-refractivity contribution >= 4 is 29.8 Å². The maximum Gasteiger partial charge on any atom is 0.261 e. The fourth-order valence-electron chi connectivity index (χ4n) is 3.36. The van der Waals surface area contributed by atoms with Gasteiger partial charge >= 0.3 is 0 Å². The van der Waals surface area contributed by atoms with Crippen LogP contribution in [0.2, 0.25) is 0 Å². The molecule has 2 N–H and O–H groups in total. The van der Waals surface area contributed by atoms with Gasteiger partial charge in [0.25, 0.3) is 5.91 Å². The van der Waals surface area contributed by atoms with E-state index in [1.54, 1.807) is 6.07 Å². The van der Waals surface area contributed by atoms with Gasteiger partial charge in [-0.15, -0.1) is 0 Å². The van der Waals surface area contributed by atoms with Crippen molar-refractivity contribution in [1.82, 2.24) is 15.5 Å². The molecule has 2 aliphatic rings. The van der Waals surface area contributed by atoms with Gasteiger partial charge in [0, 0.05) is 43.9 Å². The summed E-state index contributed by atoms with van der Waals surface area (Å²) in [5.41, 5.74) is 2.14. The molecule has 4 amide bonds. The Kier molecular flexibility index (Phi) is 5.32. The minimum absolute atomic E-state index is 0.106. The number of hydrogen-bond donors (Lipinski definition) is 2. The molecule has 1 atom stereocenters. The summed E-state index contributed by atoms with van der Waals surface area (Å²) in [7, 11) is 0. The van der Waals surface area contributed by atoms with E-state index in [0.29, 0.717) is 12.0 Å². The molecule has 2 aliphatic heterocycles. The summed E-state index contributed by atoms with van der Waals surface area (Å²) in [6, 6.07) is 4.52. The summed E-state index contributed by atoms with van der Waals surface area (Å²) in [5.74, 6) is -1.53. The van der Waals surface area contributed by atoms with Gasteiger partial charge in [-0.1, -0.05) is 0 Å². The molecule has 8 nitrogen and oxygen atoms in total. The zero-order valence-corrected chi connectivity index (χ0v) is 14.7. The van der Waals surface area contributed by atoms with Gasteiger partial charge < -0.3 is 10.2 Å². The number of carbonyl (C=O) groups is 4. The first-order chi connectivity index (χ1) is 12.5. The van der Waals surface area contributed by atoms with E-state index in [1.165, 1.54) is 0 Å². The molecular formula is C18H22N4O4. The molecule has 2 fully saturated rings. The average molecular weight is 358 g/mol. The van der Waals surface area contributed by atoms with Crippen molar-refractivity contribution in [2.45, 2.75) is 25.8 Å². The second-order valence-corrected chi connectivity index (χ2v) is 6.52. The number of piperazine rings is 1. The van der Waals surface area contributed by atoms with Crippen LogP contribution in [0.3, 0.4) is 0 Å². The summed E-state index contributed by atoms with van der Waals surface area (Å²) >= 11 is 0. The van der Waals surface area contributed by atoms with E-state index in [9.17, 15) is 19.2 Å². The first-order valence-corrected chi connectivity index (χ1v) is 8.69. The normalized spacial score (nSPS) is 20.5. The topological polar surface area (TPSA) is 98.8 Å². The molecule has 8 heteroatoms. The quantitative estimate of drug-likeness (QED) is 0.572. The SMILES string of the molecule is Cc1cc(N2CCNCC2)ccc1C(=O)N(C=O)C1CCC(=O)NC1=O. The van der Waals surface area contributed by atoms with Gasteiger partial charge in [0.15, 0.2) is 0 Å². The predicted octanol–water partition coefficient (Wildman–Crippen LogP) is -0.192. The van der Waals surface area contributed by atoms with E-state index in [-0.39, 0.29) is 18.7 Å². The van der Waals surface area contributed by atoms with Crippen LogP contribution in [-0.2, 0) is 14.4 Å². The van der Waals surface area contributed by atoms with Gasteiger partial charge in [-0.05, 0) is 37.1 Å². The Bertz CT molecular complexity index is 743. The second kappa shape index (κ2) is 7.65. The zero-order chi connectivity index (χ0) is 18.7. The van der Waals surface area contributed by atoms with Crippen LogP contribution in [0.5, 0.6) is 0 Å². The summed E-state index contributed by atoms with van der Waals surface area (Å²) in [6.07, 6.45) is 0.619. The smallest absolute Gasteiger partial charge is 0.261 e. The van der Waals surface area contributed by atoms with Crippen molar-refractivity contribution in [2.24, 2.45) is 0 Å². The lowest BCUT2D eigenvalue weighted by molar-refractivity contribution is -0.139. The molecule has 138 valence electrons.